The van der Waals surface area contributed by atoms with Crippen LogP contribution in [0.1, 0.15) is 16.7 Å². The van der Waals surface area contributed by atoms with Gasteiger partial charge in [-0.1, -0.05) is 18.2 Å². The Morgan fingerprint density at radius 1 is 1.10 bits per heavy atom. The van der Waals surface area contributed by atoms with Gasteiger partial charge < -0.3 is 5.32 Å². The average molecular weight is 289 g/mol. The van der Waals surface area contributed by atoms with Crippen molar-refractivity contribution in [2.45, 2.75) is 24.8 Å². The van der Waals surface area contributed by atoms with Crippen molar-refractivity contribution in [2.24, 2.45) is 0 Å². The molecule has 2 aromatic rings. The van der Waals surface area contributed by atoms with E-state index in [1.165, 1.54) is 22.1 Å². The van der Waals surface area contributed by atoms with Gasteiger partial charge in [-0.05, 0) is 67.1 Å². The molecule has 0 bridgehead atoms. The summed E-state index contributed by atoms with van der Waals surface area (Å²) in [6, 6.07) is 13.6. The fourth-order valence-electron chi connectivity index (χ4n) is 2.14. The predicted molar refractivity (Wildman–Crippen MR) is 84.8 cm³/mol. The first-order valence-corrected chi connectivity index (χ1v) is 8.00. The predicted octanol–water partition coefficient (Wildman–Crippen LogP) is 4.19. The molecule has 0 heterocycles. The minimum Gasteiger partial charge on any atom is -0.312 e. The number of rotatable bonds is 6. The van der Waals surface area contributed by atoms with E-state index in [0.29, 0.717) is 0 Å². The number of nitrogens with one attached hydrogen (secondary N) is 1. The van der Waals surface area contributed by atoms with E-state index >= 15 is 0 Å². The van der Waals surface area contributed by atoms with E-state index < -0.39 is 0 Å². The first-order chi connectivity index (χ1) is 9.69. The van der Waals surface area contributed by atoms with Crippen molar-refractivity contribution in [1.82, 2.24) is 5.32 Å². The molecule has 0 spiro atoms. The average Bonchev–Trinajstić information content (AvgIpc) is 2.46. The molecular weight excluding hydrogens is 269 g/mol. The van der Waals surface area contributed by atoms with Gasteiger partial charge >= 0.3 is 0 Å². The van der Waals surface area contributed by atoms with E-state index in [1.807, 2.05) is 13.0 Å². The van der Waals surface area contributed by atoms with Crippen molar-refractivity contribution in [2.75, 3.05) is 12.8 Å². The van der Waals surface area contributed by atoms with Crippen molar-refractivity contribution in [1.29, 1.82) is 0 Å². The van der Waals surface area contributed by atoms with Crippen molar-refractivity contribution < 1.29 is 4.39 Å². The third kappa shape index (κ3) is 4.36. The van der Waals surface area contributed by atoms with Crippen LogP contribution in [0.15, 0.2) is 47.4 Å². The van der Waals surface area contributed by atoms with Gasteiger partial charge in [0.15, 0.2) is 0 Å². The van der Waals surface area contributed by atoms with E-state index in [2.05, 4.69) is 35.8 Å². The lowest BCUT2D eigenvalue weighted by atomic mass is 10.1. The van der Waals surface area contributed by atoms with E-state index in [-0.39, 0.29) is 5.82 Å². The van der Waals surface area contributed by atoms with Crippen molar-refractivity contribution in [3.8, 4) is 0 Å². The first kappa shape index (κ1) is 15.1. The molecule has 0 unspecified atom stereocenters. The van der Waals surface area contributed by atoms with Crippen LogP contribution in [0.25, 0.3) is 0 Å². The molecule has 2 aromatic carbocycles. The fourth-order valence-corrected chi connectivity index (χ4v) is 2.55. The molecule has 0 saturated heterocycles. The highest BCUT2D eigenvalue weighted by atomic mass is 32.2. The summed E-state index contributed by atoms with van der Waals surface area (Å²) in [6.07, 6.45) is 3.01. The number of hydrogen-bond acceptors (Lipinski definition) is 2. The number of thioether (sulfide) groups is 1. The summed E-state index contributed by atoms with van der Waals surface area (Å²) in [6.45, 7) is 3.73. The number of benzene rings is 2. The molecule has 0 radical (unpaired) electrons. The summed E-state index contributed by atoms with van der Waals surface area (Å²) in [5.41, 5.74) is 3.52. The summed E-state index contributed by atoms with van der Waals surface area (Å²) in [5, 5.41) is 3.43. The zero-order chi connectivity index (χ0) is 14.4. The molecule has 106 valence electrons. The topological polar surface area (TPSA) is 12.0 Å². The molecule has 3 heteroatoms. The molecule has 20 heavy (non-hydrogen) atoms. The molecule has 0 fully saturated rings. The van der Waals surface area contributed by atoms with Crippen LogP contribution in [-0.4, -0.2) is 12.8 Å². The molecule has 0 aliphatic rings. The van der Waals surface area contributed by atoms with Gasteiger partial charge in [0.1, 0.15) is 5.82 Å². The maximum absolute atomic E-state index is 13.0. The van der Waals surface area contributed by atoms with Crippen LogP contribution in [0.2, 0.25) is 0 Å². The molecule has 1 N–H and O–H groups in total. The summed E-state index contributed by atoms with van der Waals surface area (Å²) < 4.78 is 13.0. The molecule has 0 aromatic heterocycles. The fraction of sp³-hybridized carbons (Fsp3) is 0.294. The summed E-state index contributed by atoms with van der Waals surface area (Å²) in [4.78, 5) is 1.29. The van der Waals surface area contributed by atoms with Crippen LogP contribution in [0.4, 0.5) is 4.39 Å². The van der Waals surface area contributed by atoms with Gasteiger partial charge in [0.25, 0.3) is 0 Å². The van der Waals surface area contributed by atoms with Crippen molar-refractivity contribution in [3.63, 3.8) is 0 Å². The van der Waals surface area contributed by atoms with Gasteiger partial charge in [-0.25, -0.2) is 4.39 Å². The van der Waals surface area contributed by atoms with Crippen LogP contribution in [0.3, 0.4) is 0 Å². The lowest BCUT2D eigenvalue weighted by molar-refractivity contribution is 0.624. The zero-order valence-corrected chi connectivity index (χ0v) is 12.8. The van der Waals surface area contributed by atoms with E-state index in [1.54, 1.807) is 17.8 Å². The monoisotopic (exact) mass is 289 g/mol. The maximum Gasteiger partial charge on any atom is 0.123 e. The van der Waals surface area contributed by atoms with Gasteiger partial charge in [-0.3, -0.25) is 0 Å². The lowest BCUT2D eigenvalue weighted by Gasteiger charge is -2.08. The normalized spacial score (nSPS) is 10.8. The zero-order valence-electron chi connectivity index (χ0n) is 11.9. The highest BCUT2D eigenvalue weighted by Gasteiger charge is 2.00. The Morgan fingerprint density at radius 3 is 2.50 bits per heavy atom. The minimum absolute atomic E-state index is 0.159. The molecule has 2 rings (SSSR count). The van der Waals surface area contributed by atoms with Gasteiger partial charge in [-0.2, -0.15) is 0 Å². The first-order valence-electron chi connectivity index (χ1n) is 6.77. The summed E-state index contributed by atoms with van der Waals surface area (Å²) >= 11 is 1.75. The second-order valence-corrected chi connectivity index (χ2v) is 5.73. The highest BCUT2D eigenvalue weighted by Crippen LogP contribution is 2.14. The van der Waals surface area contributed by atoms with Crippen LogP contribution in [0, 0.1) is 12.7 Å². The molecule has 0 aliphatic heterocycles. The van der Waals surface area contributed by atoms with Gasteiger partial charge in [0.2, 0.25) is 0 Å². The van der Waals surface area contributed by atoms with E-state index in [9.17, 15) is 4.39 Å². The Morgan fingerprint density at radius 2 is 1.85 bits per heavy atom. The summed E-state index contributed by atoms with van der Waals surface area (Å²) in [7, 11) is 0. The molecule has 0 amide bonds. The third-order valence-electron chi connectivity index (χ3n) is 3.36. The van der Waals surface area contributed by atoms with Crippen LogP contribution < -0.4 is 5.32 Å². The van der Waals surface area contributed by atoms with Crippen LogP contribution in [-0.2, 0) is 13.0 Å². The third-order valence-corrected chi connectivity index (χ3v) is 4.11. The quantitative estimate of drug-likeness (QED) is 0.632. The molecular formula is C17H20FNS. The molecule has 1 nitrogen and oxygen atoms in total. The van der Waals surface area contributed by atoms with Gasteiger partial charge in [0, 0.05) is 11.4 Å². The van der Waals surface area contributed by atoms with Crippen LogP contribution in [0.5, 0.6) is 0 Å². The Bertz CT molecular complexity index is 551. The molecule has 0 saturated carbocycles. The highest BCUT2D eigenvalue weighted by molar-refractivity contribution is 7.98. The number of hydrogen-bond donors (Lipinski definition) is 1. The smallest absolute Gasteiger partial charge is 0.123 e. The SMILES string of the molecule is CSc1ccc(CNCCc2ccc(F)cc2C)cc1. The van der Waals surface area contributed by atoms with Gasteiger partial charge in [-0.15, -0.1) is 11.8 Å². The Hall–Kier alpha value is -1.32. The number of halogens is 1. The minimum atomic E-state index is -0.159. The second kappa shape index (κ2) is 7.46. The maximum atomic E-state index is 13.0. The van der Waals surface area contributed by atoms with E-state index in [0.717, 1.165) is 25.1 Å². The molecule has 0 atom stereocenters. The van der Waals surface area contributed by atoms with E-state index in [4.69, 9.17) is 0 Å². The standard InChI is InChI=1S/C17H20FNS/c1-13-11-16(18)6-5-15(13)9-10-19-12-14-3-7-17(20-2)8-4-14/h3-8,11,19H,9-10,12H2,1-2H3. The largest absolute Gasteiger partial charge is 0.312 e. The second-order valence-electron chi connectivity index (χ2n) is 4.85. The van der Waals surface area contributed by atoms with Gasteiger partial charge in [0.05, 0.1) is 0 Å². The Labute approximate surface area is 124 Å². The Kier molecular flexibility index (Phi) is 5.62. The lowest BCUT2D eigenvalue weighted by Crippen LogP contribution is -2.17. The van der Waals surface area contributed by atoms with Crippen molar-refractivity contribution >= 4 is 11.8 Å². The number of aryl methyl sites for hydroxylation is 1. The molecule has 0 aliphatic carbocycles. The summed E-state index contributed by atoms with van der Waals surface area (Å²) in [5.74, 6) is -0.159. The Balaban J connectivity index is 1.78. The van der Waals surface area contributed by atoms with Crippen LogP contribution >= 0.6 is 11.8 Å². The van der Waals surface area contributed by atoms with Crippen molar-refractivity contribution in [3.05, 3.63) is 65.0 Å².